The highest BCUT2D eigenvalue weighted by Gasteiger charge is 2.03. The second-order valence-electron chi connectivity index (χ2n) is 3.29. The standard InChI is InChI=1S/C9H13N3O2.ClH/c1-7(10)6-11-8-2-4-9(5-3-8)12(13)14;/h2-5,7,11H,6,10H2,1H3;1H. The van der Waals surface area contributed by atoms with Gasteiger partial charge in [0.15, 0.2) is 0 Å². The topological polar surface area (TPSA) is 82.8 Å². The van der Waals surface area contributed by atoms with Crippen molar-refractivity contribution in [1.29, 1.82) is 0 Å². The Labute approximate surface area is 94.2 Å². The third kappa shape index (κ3) is 4.62. The SMILES string of the molecule is CC([NH3+])CNc1ccc([N+](=O)[O-])cc1.[Cl-]. The van der Waals surface area contributed by atoms with Crippen molar-refractivity contribution in [2.24, 2.45) is 0 Å². The monoisotopic (exact) mass is 231 g/mol. The molecule has 0 aliphatic heterocycles. The van der Waals surface area contributed by atoms with Crippen LogP contribution >= 0.6 is 0 Å². The Bertz CT molecular complexity index is 314. The minimum atomic E-state index is -0.409. The summed E-state index contributed by atoms with van der Waals surface area (Å²) in [5, 5.41) is 13.5. The summed E-state index contributed by atoms with van der Waals surface area (Å²) in [6.07, 6.45) is 0. The van der Waals surface area contributed by atoms with Crippen molar-refractivity contribution in [3.8, 4) is 0 Å². The number of hydrogen-bond acceptors (Lipinski definition) is 3. The van der Waals surface area contributed by atoms with E-state index in [4.69, 9.17) is 0 Å². The molecule has 1 rings (SSSR count). The van der Waals surface area contributed by atoms with Crippen LogP contribution in [-0.2, 0) is 0 Å². The molecule has 0 aliphatic rings. The Hall–Kier alpha value is -1.33. The fraction of sp³-hybridized carbons (Fsp3) is 0.333. The number of non-ortho nitro benzene ring substituents is 1. The summed E-state index contributed by atoms with van der Waals surface area (Å²) in [6, 6.07) is 6.66. The predicted octanol–water partition coefficient (Wildman–Crippen LogP) is -2.36. The highest BCUT2D eigenvalue weighted by atomic mass is 35.5. The summed E-state index contributed by atoms with van der Waals surface area (Å²) in [7, 11) is 0. The zero-order valence-electron chi connectivity index (χ0n) is 8.44. The maximum atomic E-state index is 10.4. The van der Waals surface area contributed by atoms with Crippen molar-refractivity contribution in [2.75, 3.05) is 11.9 Å². The summed E-state index contributed by atoms with van der Waals surface area (Å²) < 4.78 is 0. The van der Waals surface area contributed by atoms with E-state index in [0.717, 1.165) is 12.2 Å². The van der Waals surface area contributed by atoms with Crippen LogP contribution in [0.1, 0.15) is 6.92 Å². The first-order valence-corrected chi connectivity index (χ1v) is 4.41. The number of hydrogen-bond donors (Lipinski definition) is 2. The molecule has 1 aromatic carbocycles. The van der Waals surface area contributed by atoms with Crippen molar-refractivity contribution in [3.63, 3.8) is 0 Å². The summed E-state index contributed by atoms with van der Waals surface area (Å²) in [6.45, 7) is 2.76. The Balaban J connectivity index is 0.00000196. The Morgan fingerprint density at radius 1 is 1.47 bits per heavy atom. The van der Waals surface area contributed by atoms with Gasteiger partial charge in [0, 0.05) is 17.8 Å². The molecule has 0 spiro atoms. The van der Waals surface area contributed by atoms with E-state index in [-0.39, 0.29) is 18.1 Å². The van der Waals surface area contributed by atoms with Gasteiger partial charge in [-0.1, -0.05) is 0 Å². The first kappa shape index (κ1) is 13.7. The van der Waals surface area contributed by atoms with Gasteiger partial charge in [-0.3, -0.25) is 10.1 Å². The first-order chi connectivity index (χ1) is 6.59. The summed E-state index contributed by atoms with van der Waals surface area (Å²) in [4.78, 5) is 9.94. The number of anilines is 1. The van der Waals surface area contributed by atoms with Crippen LogP contribution in [0, 0.1) is 10.1 Å². The molecule has 0 heterocycles. The zero-order chi connectivity index (χ0) is 10.6. The van der Waals surface area contributed by atoms with Crippen LogP contribution in [0.5, 0.6) is 0 Å². The lowest BCUT2D eigenvalue weighted by Crippen LogP contribution is -3.00. The lowest BCUT2D eigenvalue weighted by molar-refractivity contribution is -0.409. The largest absolute Gasteiger partial charge is 1.00 e. The molecule has 0 radical (unpaired) electrons. The molecule has 1 unspecified atom stereocenters. The molecule has 84 valence electrons. The van der Waals surface area contributed by atoms with E-state index in [9.17, 15) is 10.1 Å². The molecule has 1 aromatic rings. The highest BCUT2D eigenvalue weighted by Crippen LogP contribution is 2.14. The third-order valence-electron chi connectivity index (χ3n) is 1.73. The van der Waals surface area contributed by atoms with Gasteiger partial charge in [0.1, 0.15) is 0 Å². The number of nitro groups is 1. The van der Waals surface area contributed by atoms with Crippen LogP contribution in [-0.4, -0.2) is 17.5 Å². The predicted molar refractivity (Wildman–Crippen MR) is 53.9 cm³/mol. The van der Waals surface area contributed by atoms with Gasteiger partial charge in [0.25, 0.3) is 5.69 Å². The van der Waals surface area contributed by atoms with Crippen molar-refractivity contribution < 1.29 is 23.1 Å². The van der Waals surface area contributed by atoms with E-state index in [0.29, 0.717) is 6.04 Å². The molecule has 4 N–H and O–H groups in total. The number of nitrogens with one attached hydrogen (secondary N) is 1. The molecule has 6 heteroatoms. The summed E-state index contributed by atoms with van der Waals surface area (Å²) in [5.41, 5.74) is 4.82. The molecule has 0 aromatic heterocycles. The third-order valence-corrected chi connectivity index (χ3v) is 1.73. The Morgan fingerprint density at radius 3 is 2.40 bits per heavy atom. The Morgan fingerprint density at radius 2 is 2.00 bits per heavy atom. The number of halogens is 1. The van der Waals surface area contributed by atoms with E-state index < -0.39 is 4.92 Å². The fourth-order valence-corrected chi connectivity index (χ4v) is 0.993. The first-order valence-electron chi connectivity index (χ1n) is 4.41. The molecular formula is C9H14ClN3O2. The second kappa shape index (κ2) is 6.21. The maximum Gasteiger partial charge on any atom is 0.269 e. The average Bonchev–Trinajstić information content (AvgIpc) is 2.15. The van der Waals surface area contributed by atoms with Crippen molar-refractivity contribution >= 4 is 11.4 Å². The van der Waals surface area contributed by atoms with E-state index in [2.05, 4.69) is 11.1 Å². The minimum Gasteiger partial charge on any atom is -1.00 e. The van der Waals surface area contributed by atoms with E-state index in [1.807, 2.05) is 6.92 Å². The van der Waals surface area contributed by atoms with Crippen molar-refractivity contribution in [2.45, 2.75) is 13.0 Å². The van der Waals surface area contributed by atoms with Gasteiger partial charge in [-0.05, 0) is 19.1 Å². The fourth-order valence-electron chi connectivity index (χ4n) is 0.993. The Kier molecular flexibility index (Phi) is 5.66. The lowest BCUT2D eigenvalue weighted by atomic mass is 10.2. The number of benzene rings is 1. The molecule has 0 saturated heterocycles. The van der Waals surface area contributed by atoms with E-state index in [1.54, 1.807) is 12.1 Å². The van der Waals surface area contributed by atoms with Gasteiger partial charge in [0.05, 0.1) is 17.5 Å². The molecular weight excluding hydrogens is 218 g/mol. The van der Waals surface area contributed by atoms with Crippen LogP contribution in [0.4, 0.5) is 11.4 Å². The molecule has 5 nitrogen and oxygen atoms in total. The van der Waals surface area contributed by atoms with Gasteiger partial charge >= 0.3 is 0 Å². The van der Waals surface area contributed by atoms with Crippen molar-refractivity contribution in [3.05, 3.63) is 34.4 Å². The quantitative estimate of drug-likeness (QED) is 0.449. The van der Waals surface area contributed by atoms with Gasteiger partial charge < -0.3 is 23.5 Å². The van der Waals surface area contributed by atoms with Crippen LogP contribution < -0.4 is 23.5 Å². The lowest BCUT2D eigenvalue weighted by Gasteiger charge is -2.06. The number of nitrogens with zero attached hydrogens (tertiary/aromatic N) is 1. The number of nitro benzene ring substituents is 1. The molecule has 0 saturated carbocycles. The van der Waals surface area contributed by atoms with Gasteiger partial charge in [-0.2, -0.15) is 0 Å². The van der Waals surface area contributed by atoms with Gasteiger partial charge in [-0.25, -0.2) is 0 Å². The molecule has 0 aliphatic carbocycles. The van der Waals surface area contributed by atoms with E-state index >= 15 is 0 Å². The second-order valence-corrected chi connectivity index (χ2v) is 3.29. The molecule has 0 amide bonds. The summed E-state index contributed by atoms with van der Waals surface area (Å²) >= 11 is 0. The molecule has 15 heavy (non-hydrogen) atoms. The van der Waals surface area contributed by atoms with Crippen LogP contribution in [0.25, 0.3) is 0 Å². The molecule has 1 atom stereocenters. The molecule has 0 bridgehead atoms. The smallest absolute Gasteiger partial charge is 0.269 e. The maximum absolute atomic E-state index is 10.4. The van der Waals surface area contributed by atoms with Crippen molar-refractivity contribution in [1.82, 2.24) is 0 Å². The number of rotatable bonds is 4. The van der Waals surface area contributed by atoms with E-state index in [1.165, 1.54) is 12.1 Å². The minimum absolute atomic E-state index is 0. The summed E-state index contributed by atoms with van der Waals surface area (Å²) in [5.74, 6) is 0. The van der Waals surface area contributed by atoms with Crippen LogP contribution in [0.3, 0.4) is 0 Å². The van der Waals surface area contributed by atoms with Crippen LogP contribution in [0.2, 0.25) is 0 Å². The zero-order valence-corrected chi connectivity index (χ0v) is 9.20. The normalized spacial score (nSPS) is 11.3. The molecule has 0 fully saturated rings. The van der Waals surface area contributed by atoms with Gasteiger partial charge in [0.2, 0.25) is 0 Å². The number of quaternary nitrogens is 1. The van der Waals surface area contributed by atoms with Gasteiger partial charge in [-0.15, -0.1) is 0 Å². The highest BCUT2D eigenvalue weighted by molar-refractivity contribution is 5.48. The average molecular weight is 232 g/mol. The van der Waals surface area contributed by atoms with Crippen LogP contribution in [0.15, 0.2) is 24.3 Å².